The summed E-state index contributed by atoms with van der Waals surface area (Å²) < 4.78 is 5.38. The lowest BCUT2D eigenvalue weighted by molar-refractivity contribution is 0.0750. The lowest BCUT2D eigenvalue weighted by Crippen LogP contribution is -2.40. The van der Waals surface area contributed by atoms with Gasteiger partial charge in [0.25, 0.3) is 0 Å². The van der Waals surface area contributed by atoms with E-state index < -0.39 is 0 Å². The lowest BCUT2D eigenvalue weighted by Gasteiger charge is -2.27. The molecule has 102 valence electrons. The fourth-order valence-corrected chi connectivity index (χ4v) is 2.51. The van der Waals surface area contributed by atoms with E-state index in [0.717, 1.165) is 13.2 Å². The highest BCUT2D eigenvalue weighted by Gasteiger charge is 2.15. The van der Waals surface area contributed by atoms with Crippen LogP contribution in [0.5, 0.6) is 0 Å². The van der Waals surface area contributed by atoms with Crippen molar-refractivity contribution in [1.82, 2.24) is 10.2 Å². The summed E-state index contributed by atoms with van der Waals surface area (Å²) in [5, 5.41) is 3.73. The first-order valence-electron chi connectivity index (χ1n) is 7.32. The zero-order valence-electron chi connectivity index (χ0n) is 11.9. The van der Waals surface area contributed by atoms with Gasteiger partial charge in [-0.1, -0.05) is 13.8 Å². The maximum atomic E-state index is 5.38. The van der Waals surface area contributed by atoms with E-state index in [-0.39, 0.29) is 0 Å². The maximum Gasteiger partial charge on any atom is 0.0480 e. The van der Waals surface area contributed by atoms with Crippen molar-refractivity contribution in [2.45, 2.75) is 58.5 Å². The topological polar surface area (TPSA) is 24.5 Å². The fourth-order valence-electron chi connectivity index (χ4n) is 2.51. The number of nitrogens with zero attached hydrogens (tertiary/aromatic N) is 1. The second-order valence-corrected chi connectivity index (χ2v) is 5.12. The summed E-state index contributed by atoms with van der Waals surface area (Å²) in [7, 11) is 0. The predicted octanol–water partition coefficient (Wildman–Crippen LogP) is 2.27. The molecule has 0 aliphatic carbocycles. The van der Waals surface area contributed by atoms with Crippen molar-refractivity contribution in [3.63, 3.8) is 0 Å². The van der Waals surface area contributed by atoms with Gasteiger partial charge in [0.1, 0.15) is 0 Å². The van der Waals surface area contributed by atoms with Gasteiger partial charge in [-0.05, 0) is 52.2 Å². The van der Waals surface area contributed by atoms with E-state index >= 15 is 0 Å². The Morgan fingerprint density at radius 1 is 1.24 bits per heavy atom. The zero-order valence-corrected chi connectivity index (χ0v) is 11.9. The molecule has 17 heavy (non-hydrogen) atoms. The molecule has 0 saturated carbocycles. The third-order valence-electron chi connectivity index (χ3n) is 3.75. The molecule has 0 bridgehead atoms. The molecule has 0 aromatic heterocycles. The highest BCUT2D eigenvalue weighted by atomic mass is 16.5. The summed E-state index contributed by atoms with van der Waals surface area (Å²) >= 11 is 0. The Kier molecular flexibility index (Phi) is 7.82. The Bertz CT molecular complexity index is 177. The van der Waals surface area contributed by atoms with E-state index in [1.807, 2.05) is 0 Å². The molecule has 1 heterocycles. The van der Waals surface area contributed by atoms with E-state index in [2.05, 4.69) is 31.0 Å². The second kappa shape index (κ2) is 8.90. The molecule has 3 heteroatoms. The molecule has 1 rings (SSSR count). The number of rotatable bonds is 8. The molecule has 1 aliphatic heterocycles. The molecule has 1 aliphatic rings. The summed E-state index contributed by atoms with van der Waals surface area (Å²) in [5.41, 5.74) is 0. The summed E-state index contributed by atoms with van der Waals surface area (Å²) in [6.45, 7) is 12.3. The average molecular weight is 242 g/mol. The van der Waals surface area contributed by atoms with Crippen LogP contribution in [0.1, 0.15) is 46.5 Å². The molecular formula is C14H30N2O. The molecule has 3 nitrogen and oxygen atoms in total. The number of ether oxygens (including phenoxy) is 1. The van der Waals surface area contributed by atoms with Crippen molar-refractivity contribution in [2.24, 2.45) is 0 Å². The highest BCUT2D eigenvalue weighted by Crippen LogP contribution is 2.09. The van der Waals surface area contributed by atoms with Gasteiger partial charge in [-0.3, -0.25) is 0 Å². The fraction of sp³-hybridized carbons (Fsp3) is 1.00. The van der Waals surface area contributed by atoms with Crippen LogP contribution >= 0.6 is 0 Å². The predicted molar refractivity (Wildman–Crippen MR) is 73.5 cm³/mol. The first-order valence-corrected chi connectivity index (χ1v) is 7.32. The van der Waals surface area contributed by atoms with Crippen molar-refractivity contribution in [1.29, 1.82) is 0 Å². The largest absolute Gasteiger partial charge is 0.381 e. The van der Waals surface area contributed by atoms with Crippen LogP contribution in [0, 0.1) is 0 Å². The second-order valence-electron chi connectivity index (χ2n) is 5.12. The molecule has 0 amide bonds. The Labute approximate surface area is 107 Å². The molecular weight excluding hydrogens is 212 g/mol. The molecule has 1 fully saturated rings. The molecule has 0 aromatic rings. The monoisotopic (exact) mass is 242 g/mol. The summed E-state index contributed by atoms with van der Waals surface area (Å²) in [4.78, 5) is 2.50. The van der Waals surface area contributed by atoms with Gasteiger partial charge in [0.05, 0.1) is 0 Å². The van der Waals surface area contributed by atoms with Crippen molar-refractivity contribution < 1.29 is 4.74 Å². The van der Waals surface area contributed by atoms with Crippen molar-refractivity contribution in [3.8, 4) is 0 Å². The van der Waals surface area contributed by atoms with Crippen LogP contribution in [0.15, 0.2) is 0 Å². The van der Waals surface area contributed by atoms with E-state index in [1.54, 1.807) is 0 Å². The molecule has 1 atom stereocenters. The smallest absolute Gasteiger partial charge is 0.0480 e. The standard InChI is InChI=1S/C14H30N2O/c1-4-16(5-2)10-6-7-13(3)15-14-8-11-17-12-9-14/h13-15H,4-12H2,1-3H3. The molecule has 1 saturated heterocycles. The Morgan fingerprint density at radius 2 is 1.88 bits per heavy atom. The van der Waals surface area contributed by atoms with Gasteiger partial charge in [-0.15, -0.1) is 0 Å². The maximum absolute atomic E-state index is 5.38. The first-order chi connectivity index (χ1) is 8.26. The lowest BCUT2D eigenvalue weighted by atomic mass is 10.1. The van der Waals surface area contributed by atoms with Gasteiger partial charge in [0.15, 0.2) is 0 Å². The van der Waals surface area contributed by atoms with Crippen LogP contribution in [0.2, 0.25) is 0 Å². The van der Waals surface area contributed by atoms with Crippen molar-refractivity contribution >= 4 is 0 Å². The van der Waals surface area contributed by atoms with Gasteiger partial charge in [0.2, 0.25) is 0 Å². The summed E-state index contributed by atoms with van der Waals surface area (Å²) in [6, 6.07) is 1.33. The van der Waals surface area contributed by atoms with Crippen LogP contribution in [-0.2, 0) is 4.74 Å². The van der Waals surface area contributed by atoms with Crippen LogP contribution in [0.3, 0.4) is 0 Å². The molecule has 0 radical (unpaired) electrons. The minimum absolute atomic E-state index is 0.647. The van der Waals surface area contributed by atoms with E-state index in [1.165, 1.54) is 45.3 Å². The third-order valence-corrected chi connectivity index (χ3v) is 3.75. The van der Waals surface area contributed by atoms with E-state index in [9.17, 15) is 0 Å². The van der Waals surface area contributed by atoms with Crippen LogP contribution in [0.25, 0.3) is 0 Å². The van der Waals surface area contributed by atoms with E-state index in [4.69, 9.17) is 4.74 Å². The number of hydrogen-bond acceptors (Lipinski definition) is 3. The van der Waals surface area contributed by atoms with Gasteiger partial charge in [0, 0.05) is 25.3 Å². The minimum Gasteiger partial charge on any atom is -0.381 e. The summed E-state index contributed by atoms with van der Waals surface area (Å²) in [6.07, 6.45) is 4.95. The highest BCUT2D eigenvalue weighted by molar-refractivity contribution is 4.74. The Morgan fingerprint density at radius 3 is 2.47 bits per heavy atom. The zero-order chi connectivity index (χ0) is 12.5. The third kappa shape index (κ3) is 6.39. The van der Waals surface area contributed by atoms with Crippen molar-refractivity contribution in [3.05, 3.63) is 0 Å². The Balaban J connectivity index is 2.05. The van der Waals surface area contributed by atoms with Gasteiger partial charge in [-0.25, -0.2) is 0 Å². The van der Waals surface area contributed by atoms with Crippen LogP contribution < -0.4 is 5.32 Å². The number of nitrogens with one attached hydrogen (secondary N) is 1. The quantitative estimate of drug-likeness (QED) is 0.706. The van der Waals surface area contributed by atoms with Gasteiger partial charge < -0.3 is 15.0 Å². The molecule has 1 unspecified atom stereocenters. The normalized spacial score (nSPS) is 19.8. The van der Waals surface area contributed by atoms with Crippen LogP contribution in [0.4, 0.5) is 0 Å². The van der Waals surface area contributed by atoms with Crippen LogP contribution in [-0.4, -0.2) is 49.8 Å². The van der Waals surface area contributed by atoms with E-state index in [0.29, 0.717) is 12.1 Å². The average Bonchev–Trinajstić information content (AvgIpc) is 2.36. The summed E-state index contributed by atoms with van der Waals surface area (Å²) in [5.74, 6) is 0. The molecule has 0 aromatic carbocycles. The SMILES string of the molecule is CCN(CC)CCCC(C)NC1CCOCC1. The first kappa shape index (κ1) is 14.9. The number of hydrogen-bond donors (Lipinski definition) is 1. The molecule has 1 N–H and O–H groups in total. The molecule has 0 spiro atoms. The van der Waals surface area contributed by atoms with Gasteiger partial charge >= 0.3 is 0 Å². The van der Waals surface area contributed by atoms with Crippen molar-refractivity contribution in [2.75, 3.05) is 32.8 Å². The van der Waals surface area contributed by atoms with Gasteiger partial charge in [-0.2, -0.15) is 0 Å². The Hall–Kier alpha value is -0.120. The minimum atomic E-state index is 0.647.